The van der Waals surface area contributed by atoms with Crippen molar-refractivity contribution in [2.24, 2.45) is 5.92 Å². The zero-order chi connectivity index (χ0) is 15.6. The number of nitrogens with one attached hydrogen (secondary N) is 1. The molecule has 1 heterocycles. The van der Waals surface area contributed by atoms with E-state index in [0.29, 0.717) is 5.91 Å². The van der Waals surface area contributed by atoms with Crippen molar-refractivity contribution in [2.75, 3.05) is 26.7 Å². The number of likely N-dealkylation sites (tertiary alicyclic amines) is 1. The van der Waals surface area contributed by atoms with Gasteiger partial charge in [0.05, 0.1) is 5.41 Å². The van der Waals surface area contributed by atoms with Gasteiger partial charge < -0.3 is 10.2 Å². The van der Waals surface area contributed by atoms with Gasteiger partial charge in [-0.25, -0.2) is 0 Å². The molecule has 1 aromatic rings. The van der Waals surface area contributed by atoms with Crippen molar-refractivity contribution in [1.82, 2.24) is 10.2 Å². The summed E-state index contributed by atoms with van der Waals surface area (Å²) in [6.45, 7) is 2.90. The van der Waals surface area contributed by atoms with E-state index in [1.54, 1.807) is 0 Å². The topological polar surface area (TPSA) is 32.3 Å². The van der Waals surface area contributed by atoms with E-state index in [0.717, 1.165) is 61.8 Å². The third-order valence-electron chi connectivity index (χ3n) is 5.24. The largest absolute Gasteiger partial charge is 0.342 e. The molecule has 0 radical (unpaired) electrons. The van der Waals surface area contributed by atoms with Gasteiger partial charge in [-0.15, -0.1) is 0 Å². The number of rotatable bonds is 5. The molecule has 2 fully saturated rings. The zero-order valence-corrected chi connectivity index (χ0v) is 14.0. The van der Waals surface area contributed by atoms with Gasteiger partial charge in [-0.05, 0) is 69.3 Å². The minimum atomic E-state index is -0.275. The fourth-order valence-electron chi connectivity index (χ4n) is 3.61. The summed E-state index contributed by atoms with van der Waals surface area (Å²) >= 11 is 6.11. The molecule has 1 N–H and O–H groups in total. The molecule has 0 unspecified atom stereocenters. The van der Waals surface area contributed by atoms with Gasteiger partial charge in [0.25, 0.3) is 0 Å². The third kappa shape index (κ3) is 3.16. The van der Waals surface area contributed by atoms with Crippen LogP contribution < -0.4 is 5.32 Å². The molecule has 1 aromatic carbocycles. The molecule has 1 saturated heterocycles. The first-order chi connectivity index (χ1) is 10.7. The van der Waals surface area contributed by atoms with E-state index < -0.39 is 0 Å². The van der Waals surface area contributed by atoms with E-state index in [1.807, 2.05) is 25.2 Å². The van der Waals surface area contributed by atoms with Crippen molar-refractivity contribution in [3.8, 4) is 0 Å². The summed E-state index contributed by atoms with van der Waals surface area (Å²) in [7, 11) is 2.00. The molecule has 3 nitrogen and oxygen atoms in total. The van der Waals surface area contributed by atoms with Crippen molar-refractivity contribution < 1.29 is 4.79 Å². The maximum absolute atomic E-state index is 13.0. The molecule has 4 heteroatoms. The highest BCUT2D eigenvalue weighted by atomic mass is 35.5. The highest BCUT2D eigenvalue weighted by molar-refractivity contribution is 6.30. The summed E-state index contributed by atoms with van der Waals surface area (Å²) < 4.78 is 0. The van der Waals surface area contributed by atoms with Crippen LogP contribution >= 0.6 is 11.6 Å². The van der Waals surface area contributed by atoms with Crippen LogP contribution in [0.4, 0.5) is 0 Å². The molecule has 0 bridgehead atoms. The molecule has 0 aromatic heterocycles. The average molecular weight is 321 g/mol. The molecule has 1 aliphatic carbocycles. The zero-order valence-electron chi connectivity index (χ0n) is 13.3. The van der Waals surface area contributed by atoms with E-state index in [1.165, 1.54) is 6.42 Å². The predicted molar refractivity (Wildman–Crippen MR) is 90.2 cm³/mol. The second-order valence-corrected chi connectivity index (χ2v) is 7.16. The first-order valence-corrected chi connectivity index (χ1v) is 8.73. The Hall–Kier alpha value is -1.06. The van der Waals surface area contributed by atoms with Crippen LogP contribution in [0.3, 0.4) is 0 Å². The van der Waals surface area contributed by atoms with Gasteiger partial charge in [0, 0.05) is 18.1 Å². The summed E-state index contributed by atoms with van der Waals surface area (Å²) in [5.74, 6) is 1.08. The first kappa shape index (κ1) is 15.8. The molecular weight excluding hydrogens is 296 g/mol. The standard InChI is InChI=1S/C18H25ClN2O/c1-20-10-5-14-6-11-21(12-7-14)17(22)18(8-9-18)15-3-2-4-16(19)13-15/h2-4,13-14,20H,5-12H2,1H3. The molecule has 1 saturated carbocycles. The summed E-state index contributed by atoms with van der Waals surface area (Å²) in [6.07, 6.45) is 5.42. The molecule has 3 rings (SSSR count). The number of benzene rings is 1. The monoisotopic (exact) mass is 320 g/mol. The Morgan fingerprint density at radius 3 is 2.68 bits per heavy atom. The molecule has 2 aliphatic rings. The highest BCUT2D eigenvalue weighted by Gasteiger charge is 2.53. The summed E-state index contributed by atoms with van der Waals surface area (Å²) in [5, 5.41) is 3.94. The van der Waals surface area contributed by atoms with E-state index in [4.69, 9.17) is 11.6 Å². The Labute approximate surface area is 138 Å². The normalized spacial score (nSPS) is 20.9. The Morgan fingerprint density at radius 1 is 1.36 bits per heavy atom. The molecular formula is C18H25ClN2O. The molecule has 0 spiro atoms. The van der Waals surface area contributed by atoms with Gasteiger partial charge in [-0.2, -0.15) is 0 Å². The van der Waals surface area contributed by atoms with E-state index in [-0.39, 0.29) is 5.41 Å². The maximum atomic E-state index is 13.0. The lowest BCUT2D eigenvalue weighted by atomic mass is 9.90. The van der Waals surface area contributed by atoms with Gasteiger partial charge in [0.15, 0.2) is 0 Å². The molecule has 0 atom stereocenters. The van der Waals surface area contributed by atoms with Crippen LogP contribution in [0, 0.1) is 5.92 Å². The fourth-order valence-corrected chi connectivity index (χ4v) is 3.80. The smallest absolute Gasteiger partial charge is 0.233 e. The Kier molecular flexibility index (Phi) is 4.74. The minimum Gasteiger partial charge on any atom is -0.342 e. The number of halogens is 1. The number of hydrogen-bond acceptors (Lipinski definition) is 2. The number of nitrogens with zero attached hydrogens (tertiary/aromatic N) is 1. The van der Waals surface area contributed by atoms with Gasteiger partial charge in [-0.3, -0.25) is 4.79 Å². The Morgan fingerprint density at radius 2 is 2.09 bits per heavy atom. The second-order valence-electron chi connectivity index (χ2n) is 6.72. The SMILES string of the molecule is CNCCC1CCN(C(=O)C2(c3cccc(Cl)c3)CC2)CC1. The number of amides is 1. The van der Waals surface area contributed by atoms with Crippen LogP contribution in [0.2, 0.25) is 5.02 Å². The second kappa shape index (κ2) is 6.59. The van der Waals surface area contributed by atoms with Crippen LogP contribution in [0.5, 0.6) is 0 Å². The number of carbonyl (C=O) groups excluding carboxylic acids is 1. The number of carbonyl (C=O) groups is 1. The Balaban J connectivity index is 1.63. The van der Waals surface area contributed by atoms with E-state index in [2.05, 4.69) is 16.3 Å². The van der Waals surface area contributed by atoms with Gasteiger partial charge >= 0.3 is 0 Å². The van der Waals surface area contributed by atoms with Crippen LogP contribution in [-0.2, 0) is 10.2 Å². The van der Waals surface area contributed by atoms with Crippen LogP contribution in [0.25, 0.3) is 0 Å². The lowest BCUT2D eigenvalue weighted by molar-refractivity contribution is -0.135. The predicted octanol–water partition coefficient (Wildman–Crippen LogP) is 3.22. The quantitative estimate of drug-likeness (QED) is 0.903. The van der Waals surface area contributed by atoms with Crippen molar-refractivity contribution in [3.63, 3.8) is 0 Å². The molecule has 22 heavy (non-hydrogen) atoms. The summed E-state index contributed by atoms with van der Waals surface area (Å²) in [6, 6.07) is 7.84. The van der Waals surface area contributed by atoms with Crippen LogP contribution in [-0.4, -0.2) is 37.5 Å². The van der Waals surface area contributed by atoms with Crippen molar-refractivity contribution >= 4 is 17.5 Å². The van der Waals surface area contributed by atoms with Gasteiger partial charge in [0.1, 0.15) is 0 Å². The highest BCUT2D eigenvalue weighted by Crippen LogP contribution is 2.50. The molecule has 120 valence electrons. The average Bonchev–Trinajstić information content (AvgIpc) is 3.34. The van der Waals surface area contributed by atoms with Crippen LogP contribution in [0.15, 0.2) is 24.3 Å². The first-order valence-electron chi connectivity index (χ1n) is 8.36. The van der Waals surface area contributed by atoms with Gasteiger partial charge in [0.2, 0.25) is 5.91 Å². The Bertz CT molecular complexity index is 534. The lowest BCUT2D eigenvalue weighted by Gasteiger charge is -2.34. The number of hydrogen-bond donors (Lipinski definition) is 1. The molecule has 1 aliphatic heterocycles. The summed E-state index contributed by atoms with van der Waals surface area (Å²) in [5.41, 5.74) is 0.824. The third-order valence-corrected chi connectivity index (χ3v) is 5.48. The van der Waals surface area contributed by atoms with Crippen molar-refractivity contribution in [1.29, 1.82) is 0 Å². The minimum absolute atomic E-state index is 0.275. The van der Waals surface area contributed by atoms with E-state index in [9.17, 15) is 4.79 Å². The number of piperidine rings is 1. The fraction of sp³-hybridized carbons (Fsp3) is 0.611. The van der Waals surface area contributed by atoms with Gasteiger partial charge in [-0.1, -0.05) is 23.7 Å². The van der Waals surface area contributed by atoms with E-state index >= 15 is 0 Å². The maximum Gasteiger partial charge on any atom is 0.233 e. The van der Waals surface area contributed by atoms with Crippen molar-refractivity contribution in [3.05, 3.63) is 34.9 Å². The molecule has 1 amide bonds. The lowest BCUT2D eigenvalue weighted by Crippen LogP contribution is -2.44. The van der Waals surface area contributed by atoms with Crippen molar-refractivity contribution in [2.45, 2.75) is 37.5 Å². The van der Waals surface area contributed by atoms with Crippen LogP contribution in [0.1, 0.15) is 37.7 Å². The summed E-state index contributed by atoms with van der Waals surface area (Å²) in [4.78, 5) is 15.1.